The second-order valence-electron chi connectivity index (χ2n) is 7.97. The molecule has 162 valence electrons. The Morgan fingerprint density at radius 1 is 1.10 bits per heavy atom. The molecular formula is C22H28FN3O3S. The number of amides is 1. The van der Waals surface area contributed by atoms with Crippen molar-refractivity contribution >= 4 is 21.6 Å². The number of sulfonamides is 1. The molecule has 1 aliphatic rings. The zero-order chi connectivity index (χ0) is 21.9. The van der Waals surface area contributed by atoms with Gasteiger partial charge in [-0.3, -0.25) is 4.79 Å². The summed E-state index contributed by atoms with van der Waals surface area (Å²) in [5.41, 5.74) is 7.94. The van der Waals surface area contributed by atoms with Gasteiger partial charge in [0, 0.05) is 17.6 Å². The first kappa shape index (κ1) is 22.2. The molecule has 1 atom stereocenters. The Hall–Kier alpha value is -2.45. The van der Waals surface area contributed by atoms with E-state index in [1.807, 2.05) is 13.8 Å². The molecule has 0 saturated heterocycles. The molecule has 0 bridgehead atoms. The number of nitrogen functional groups attached to an aromatic ring is 1. The van der Waals surface area contributed by atoms with Gasteiger partial charge >= 0.3 is 0 Å². The maximum absolute atomic E-state index is 13.1. The molecular weight excluding hydrogens is 405 g/mol. The molecule has 1 amide bonds. The number of carbonyl (C=O) groups is 1. The summed E-state index contributed by atoms with van der Waals surface area (Å²) >= 11 is 0. The van der Waals surface area contributed by atoms with E-state index >= 15 is 0 Å². The molecule has 1 saturated carbocycles. The molecule has 3 rings (SSSR count). The molecule has 0 spiro atoms. The van der Waals surface area contributed by atoms with E-state index in [1.165, 1.54) is 18.2 Å². The van der Waals surface area contributed by atoms with Crippen LogP contribution in [-0.4, -0.2) is 20.4 Å². The molecule has 0 aliphatic heterocycles. The van der Waals surface area contributed by atoms with Crippen molar-refractivity contribution < 1.29 is 17.6 Å². The van der Waals surface area contributed by atoms with Gasteiger partial charge < -0.3 is 11.1 Å². The standard InChI is InChI=1S/C22H28FN3O3S/c1-14-3-12-20(13-21(14)24)30(28,29)26-19-10-6-17(7-11-19)22(27)25-15(2)16-4-8-18(23)9-5-16/h3-5,8-9,12-13,15,17,19,26H,6-7,10-11,24H2,1-2H3,(H,25,27)/t15-,17?,19?/m1/s1. The summed E-state index contributed by atoms with van der Waals surface area (Å²) in [7, 11) is -3.66. The fourth-order valence-electron chi connectivity index (χ4n) is 3.71. The number of benzene rings is 2. The average Bonchev–Trinajstić information content (AvgIpc) is 2.70. The Bertz CT molecular complexity index is 1000. The van der Waals surface area contributed by atoms with Crippen LogP contribution in [0.1, 0.15) is 49.8 Å². The van der Waals surface area contributed by atoms with Gasteiger partial charge in [-0.2, -0.15) is 0 Å². The Labute approximate surface area is 177 Å². The summed E-state index contributed by atoms with van der Waals surface area (Å²) in [4.78, 5) is 12.7. The lowest BCUT2D eigenvalue weighted by Crippen LogP contribution is -2.41. The molecule has 6 nitrogen and oxygen atoms in total. The zero-order valence-electron chi connectivity index (χ0n) is 17.2. The average molecular weight is 434 g/mol. The molecule has 0 radical (unpaired) electrons. The van der Waals surface area contributed by atoms with Crippen LogP contribution < -0.4 is 15.8 Å². The van der Waals surface area contributed by atoms with Crippen LogP contribution in [0, 0.1) is 18.7 Å². The third kappa shape index (κ3) is 5.37. The van der Waals surface area contributed by atoms with Crippen LogP contribution in [-0.2, 0) is 14.8 Å². The van der Waals surface area contributed by atoms with E-state index in [2.05, 4.69) is 10.0 Å². The fourth-order valence-corrected chi connectivity index (χ4v) is 5.05. The maximum atomic E-state index is 13.1. The van der Waals surface area contributed by atoms with Gasteiger partial charge in [0.25, 0.3) is 0 Å². The Morgan fingerprint density at radius 2 is 1.73 bits per heavy atom. The first-order chi connectivity index (χ1) is 14.2. The molecule has 30 heavy (non-hydrogen) atoms. The van der Waals surface area contributed by atoms with E-state index in [0.29, 0.717) is 31.4 Å². The van der Waals surface area contributed by atoms with Crippen molar-refractivity contribution in [2.45, 2.75) is 56.5 Å². The molecule has 2 aromatic rings. The van der Waals surface area contributed by atoms with Crippen molar-refractivity contribution in [2.75, 3.05) is 5.73 Å². The van der Waals surface area contributed by atoms with E-state index in [1.54, 1.807) is 24.3 Å². The van der Waals surface area contributed by atoms with Crippen LogP contribution in [0.2, 0.25) is 0 Å². The number of aryl methyl sites for hydroxylation is 1. The summed E-state index contributed by atoms with van der Waals surface area (Å²) in [5, 5.41) is 2.97. The highest BCUT2D eigenvalue weighted by Crippen LogP contribution is 2.27. The molecule has 0 unspecified atom stereocenters. The van der Waals surface area contributed by atoms with Crippen LogP contribution in [0.5, 0.6) is 0 Å². The second-order valence-corrected chi connectivity index (χ2v) is 9.68. The highest BCUT2D eigenvalue weighted by Gasteiger charge is 2.29. The summed E-state index contributed by atoms with van der Waals surface area (Å²) in [6.45, 7) is 3.68. The minimum atomic E-state index is -3.66. The zero-order valence-corrected chi connectivity index (χ0v) is 18.0. The monoisotopic (exact) mass is 433 g/mol. The molecule has 0 aromatic heterocycles. The molecule has 1 fully saturated rings. The van der Waals surface area contributed by atoms with Crippen LogP contribution in [0.4, 0.5) is 10.1 Å². The summed E-state index contributed by atoms with van der Waals surface area (Å²) in [6.07, 6.45) is 2.38. The molecule has 1 aliphatic carbocycles. The van der Waals surface area contributed by atoms with E-state index in [9.17, 15) is 17.6 Å². The smallest absolute Gasteiger partial charge is 0.240 e. The van der Waals surface area contributed by atoms with Crippen molar-refractivity contribution in [3.63, 3.8) is 0 Å². The molecule has 4 N–H and O–H groups in total. The van der Waals surface area contributed by atoms with Crippen molar-refractivity contribution in [3.8, 4) is 0 Å². The lowest BCUT2D eigenvalue weighted by Gasteiger charge is -2.29. The van der Waals surface area contributed by atoms with E-state index in [4.69, 9.17) is 5.73 Å². The summed E-state index contributed by atoms with van der Waals surface area (Å²) in [5.74, 6) is -0.533. The number of hydrogen-bond acceptors (Lipinski definition) is 4. The van der Waals surface area contributed by atoms with Crippen molar-refractivity contribution in [2.24, 2.45) is 5.92 Å². The predicted octanol–water partition coefficient (Wildman–Crippen LogP) is 3.43. The van der Waals surface area contributed by atoms with E-state index in [-0.39, 0.29) is 34.6 Å². The van der Waals surface area contributed by atoms with Crippen molar-refractivity contribution in [3.05, 3.63) is 59.4 Å². The number of hydrogen-bond donors (Lipinski definition) is 3. The number of carbonyl (C=O) groups excluding carboxylic acids is 1. The highest BCUT2D eigenvalue weighted by molar-refractivity contribution is 7.89. The first-order valence-electron chi connectivity index (χ1n) is 10.1. The number of nitrogens with one attached hydrogen (secondary N) is 2. The Morgan fingerprint density at radius 3 is 2.33 bits per heavy atom. The third-order valence-electron chi connectivity index (χ3n) is 5.71. The minimum absolute atomic E-state index is 0.0561. The Balaban J connectivity index is 1.53. The lowest BCUT2D eigenvalue weighted by atomic mass is 9.85. The summed E-state index contributed by atoms with van der Waals surface area (Å²) < 4.78 is 41.1. The highest BCUT2D eigenvalue weighted by atomic mass is 32.2. The maximum Gasteiger partial charge on any atom is 0.240 e. The van der Waals surface area contributed by atoms with Gasteiger partial charge in [0.1, 0.15) is 5.82 Å². The number of halogens is 1. The number of rotatable bonds is 6. The lowest BCUT2D eigenvalue weighted by molar-refractivity contribution is -0.126. The third-order valence-corrected chi connectivity index (χ3v) is 7.23. The predicted molar refractivity (Wildman–Crippen MR) is 115 cm³/mol. The quantitative estimate of drug-likeness (QED) is 0.608. The van der Waals surface area contributed by atoms with E-state index < -0.39 is 10.0 Å². The number of anilines is 1. The van der Waals surface area contributed by atoms with Gasteiger partial charge in [-0.15, -0.1) is 0 Å². The van der Waals surface area contributed by atoms with Gasteiger partial charge in [-0.1, -0.05) is 18.2 Å². The molecule has 0 heterocycles. The van der Waals surface area contributed by atoms with E-state index in [0.717, 1.165) is 11.1 Å². The largest absolute Gasteiger partial charge is 0.398 e. The topological polar surface area (TPSA) is 101 Å². The van der Waals surface area contributed by atoms with Gasteiger partial charge in [-0.05, 0) is 74.9 Å². The fraction of sp³-hybridized carbons (Fsp3) is 0.409. The van der Waals surface area contributed by atoms with Gasteiger partial charge in [-0.25, -0.2) is 17.5 Å². The summed E-state index contributed by atoms with van der Waals surface area (Å²) in [6, 6.07) is 10.3. The van der Waals surface area contributed by atoms with Crippen LogP contribution in [0.25, 0.3) is 0 Å². The SMILES string of the molecule is Cc1ccc(S(=O)(=O)NC2CCC(C(=O)N[C@H](C)c3ccc(F)cc3)CC2)cc1N. The molecule has 2 aromatic carbocycles. The number of nitrogens with two attached hydrogens (primary N) is 1. The normalized spacial score (nSPS) is 20.5. The van der Waals surface area contributed by atoms with Crippen molar-refractivity contribution in [1.29, 1.82) is 0 Å². The van der Waals surface area contributed by atoms with Crippen molar-refractivity contribution in [1.82, 2.24) is 10.0 Å². The van der Waals surface area contributed by atoms with Gasteiger partial charge in [0.15, 0.2) is 0 Å². The molecule has 8 heteroatoms. The van der Waals surface area contributed by atoms with Gasteiger partial charge in [0.05, 0.1) is 10.9 Å². The van der Waals surface area contributed by atoms with Crippen LogP contribution >= 0.6 is 0 Å². The van der Waals surface area contributed by atoms with Crippen LogP contribution in [0.15, 0.2) is 47.4 Å². The second kappa shape index (κ2) is 9.14. The first-order valence-corrected chi connectivity index (χ1v) is 11.6. The van der Waals surface area contributed by atoms with Gasteiger partial charge in [0.2, 0.25) is 15.9 Å². The van der Waals surface area contributed by atoms with Crippen LogP contribution in [0.3, 0.4) is 0 Å². The minimum Gasteiger partial charge on any atom is -0.398 e. The Kier molecular flexibility index (Phi) is 6.77.